The van der Waals surface area contributed by atoms with E-state index in [0.717, 1.165) is 27.5 Å². The summed E-state index contributed by atoms with van der Waals surface area (Å²) in [6.45, 7) is 0. The van der Waals surface area contributed by atoms with E-state index in [9.17, 15) is 0 Å². The van der Waals surface area contributed by atoms with Gasteiger partial charge in [-0.05, 0) is 36.4 Å². The van der Waals surface area contributed by atoms with Crippen molar-refractivity contribution in [2.45, 2.75) is 6.42 Å². The van der Waals surface area contributed by atoms with Crippen molar-refractivity contribution in [3.8, 4) is 22.0 Å². The highest BCUT2D eigenvalue weighted by Crippen LogP contribution is 2.27. The third-order valence-electron chi connectivity index (χ3n) is 4.07. The van der Waals surface area contributed by atoms with Crippen molar-refractivity contribution in [1.29, 1.82) is 0 Å². The molecule has 0 aliphatic carbocycles. The number of hydrogen-bond donors (Lipinski definition) is 0. The number of thiazole rings is 1. The van der Waals surface area contributed by atoms with Crippen molar-refractivity contribution in [1.82, 2.24) is 15.2 Å². The van der Waals surface area contributed by atoms with E-state index in [1.165, 1.54) is 0 Å². The predicted octanol–water partition coefficient (Wildman–Crippen LogP) is 5.17. The van der Waals surface area contributed by atoms with Gasteiger partial charge in [0.05, 0.1) is 12.1 Å². The number of hydrogen-bond acceptors (Lipinski definition) is 6. The minimum Gasteiger partial charge on any atom is -0.420 e. The zero-order valence-corrected chi connectivity index (χ0v) is 16.5. The molecule has 0 atom stereocenters. The van der Waals surface area contributed by atoms with Gasteiger partial charge in [-0.25, -0.2) is 4.98 Å². The highest BCUT2D eigenvalue weighted by molar-refractivity contribution is 7.13. The van der Waals surface area contributed by atoms with Crippen LogP contribution in [0.2, 0.25) is 5.02 Å². The summed E-state index contributed by atoms with van der Waals surface area (Å²) in [5, 5.41) is 12.0. The molecule has 2 aromatic heterocycles. The Bertz CT molecular complexity index is 1040. The Morgan fingerprint density at radius 3 is 2.37 bits per heavy atom. The molecule has 4 rings (SSSR count). The Hall–Kier alpha value is -2.70. The topological polar surface area (TPSA) is 55.1 Å². The van der Waals surface area contributed by atoms with Gasteiger partial charge in [-0.15, -0.1) is 21.5 Å². The van der Waals surface area contributed by atoms with Crippen LogP contribution in [-0.4, -0.2) is 29.3 Å². The fourth-order valence-electron chi connectivity index (χ4n) is 2.61. The van der Waals surface area contributed by atoms with Crippen LogP contribution in [0.15, 0.2) is 58.3 Å². The van der Waals surface area contributed by atoms with Gasteiger partial charge in [-0.1, -0.05) is 23.7 Å². The van der Waals surface area contributed by atoms with E-state index in [-0.39, 0.29) is 0 Å². The number of halogens is 1. The van der Waals surface area contributed by atoms with Gasteiger partial charge in [0.2, 0.25) is 11.8 Å². The maximum atomic E-state index is 5.94. The number of nitrogens with zero attached hydrogens (tertiary/aromatic N) is 4. The summed E-state index contributed by atoms with van der Waals surface area (Å²) < 4.78 is 5.82. The van der Waals surface area contributed by atoms with Crippen molar-refractivity contribution < 1.29 is 4.42 Å². The Balaban J connectivity index is 1.49. The zero-order valence-electron chi connectivity index (χ0n) is 14.9. The van der Waals surface area contributed by atoms with Crippen molar-refractivity contribution in [3.63, 3.8) is 0 Å². The van der Waals surface area contributed by atoms with Crippen LogP contribution in [0.4, 0.5) is 5.69 Å². The summed E-state index contributed by atoms with van der Waals surface area (Å²) in [6.07, 6.45) is 0.507. The molecular formula is C20H17ClN4OS. The minimum atomic E-state index is 0.507. The Morgan fingerprint density at radius 1 is 0.963 bits per heavy atom. The lowest BCUT2D eigenvalue weighted by Gasteiger charge is -2.11. The SMILES string of the molecule is CN(C)c1ccc(-c2nnc(Cc3csc(-c4ccc(Cl)cc4)n3)o2)cc1. The molecule has 7 heteroatoms. The second kappa shape index (κ2) is 7.50. The molecule has 4 aromatic rings. The zero-order chi connectivity index (χ0) is 18.8. The summed E-state index contributed by atoms with van der Waals surface area (Å²) in [6, 6.07) is 15.7. The van der Waals surface area contributed by atoms with E-state index in [1.807, 2.05) is 72.9 Å². The first-order valence-electron chi connectivity index (χ1n) is 8.39. The molecule has 0 fully saturated rings. The van der Waals surface area contributed by atoms with Crippen molar-refractivity contribution >= 4 is 28.6 Å². The number of benzene rings is 2. The molecule has 2 aromatic carbocycles. The molecule has 0 aliphatic rings. The minimum absolute atomic E-state index is 0.507. The van der Waals surface area contributed by atoms with Crippen LogP contribution in [0.25, 0.3) is 22.0 Å². The van der Waals surface area contributed by atoms with Gasteiger partial charge in [0, 0.05) is 41.3 Å². The molecule has 27 heavy (non-hydrogen) atoms. The molecule has 5 nitrogen and oxygen atoms in total. The van der Waals surface area contributed by atoms with E-state index >= 15 is 0 Å². The average molecular weight is 397 g/mol. The van der Waals surface area contributed by atoms with Crippen LogP contribution in [0, 0.1) is 0 Å². The second-order valence-corrected chi connectivity index (χ2v) is 7.56. The molecule has 0 saturated heterocycles. The monoisotopic (exact) mass is 396 g/mol. The second-order valence-electron chi connectivity index (χ2n) is 6.27. The molecule has 0 amide bonds. The highest BCUT2D eigenvalue weighted by Gasteiger charge is 2.12. The van der Waals surface area contributed by atoms with E-state index in [2.05, 4.69) is 15.2 Å². The third kappa shape index (κ3) is 4.02. The fraction of sp³-hybridized carbons (Fsp3) is 0.150. The van der Waals surface area contributed by atoms with Crippen LogP contribution >= 0.6 is 22.9 Å². The summed E-state index contributed by atoms with van der Waals surface area (Å²) >= 11 is 7.53. The number of anilines is 1. The summed E-state index contributed by atoms with van der Waals surface area (Å²) in [5.41, 5.74) is 3.97. The Labute approximate surface area is 166 Å². The van der Waals surface area contributed by atoms with Crippen LogP contribution in [0.5, 0.6) is 0 Å². The molecule has 0 N–H and O–H groups in total. The molecule has 0 aliphatic heterocycles. The molecule has 0 spiro atoms. The van der Waals surface area contributed by atoms with Gasteiger partial charge in [0.25, 0.3) is 0 Å². The van der Waals surface area contributed by atoms with Crippen LogP contribution < -0.4 is 4.90 Å². The standard InChI is InChI=1S/C20H17ClN4OS/c1-25(2)17-9-5-13(6-10-17)19-24-23-18(26-19)11-16-12-27-20(22-16)14-3-7-15(21)8-4-14/h3-10,12H,11H2,1-2H3. The predicted molar refractivity (Wildman–Crippen MR) is 109 cm³/mol. The molecule has 2 heterocycles. The van der Waals surface area contributed by atoms with Crippen molar-refractivity contribution in [2.75, 3.05) is 19.0 Å². The largest absolute Gasteiger partial charge is 0.420 e. The van der Waals surface area contributed by atoms with Gasteiger partial charge in [-0.2, -0.15) is 0 Å². The third-order valence-corrected chi connectivity index (χ3v) is 5.26. The summed E-state index contributed by atoms with van der Waals surface area (Å²) in [7, 11) is 4.01. The van der Waals surface area contributed by atoms with Crippen LogP contribution in [0.1, 0.15) is 11.6 Å². The summed E-state index contributed by atoms with van der Waals surface area (Å²) in [4.78, 5) is 6.71. The first kappa shape index (κ1) is 17.7. The molecule has 0 saturated carbocycles. The van der Waals surface area contributed by atoms with E-state index in [1.54, 1.807) is 11.3 Å². The average Bonchev–Trinajstić information content (AvgIpc) is 3.33. The van der Waals surface area contributed by atoms with Gasteiger partial charge < -0.3 is 9.32 Å². The maximum absolute atomic E-state index is 5.94. The Kier molecular flexibility index (Phi) is 4.92. The first-order chi connectivity index (χ1) is 13.1. The van der Waals surface area contributed by atoms with Crippen molar-refractivity contribution in [3.05, 3.63) is 70.5 Å². The molecule has 0 unspecified atom stereocenters. The first-order valence-corrected chi connectivity index (χ1v) is 9.65. The Morgan fingerprint density at radius 2 is 1.67 bits per heavy atom. The molecule has 0 bridgehead atoms. The number of rotatable bonds is 5. The highest BCUT2D eigenvalue weighted by atomic mass is 35.5. The lowest BCUT2D eigenvalue weighted by Crippen LogP contribution is -2.07. The van der Waals surface area contributed by atoms with Crippen LogP contribution in [0.3, 0.4) is 0 Å². The van der Waals surface area contributed by atoms with Crippen LogP contribution in [-0.2, 0) is 6.42 Å². The summed E-state index contributed by atoms with van der Waals surface area (Å²) in [5.74, 6) is 1.07. The van der Waals surface area contributed by atoms with Gasteiger partial charge in [0.15, 0.2) is 0 Å². The van der Waals surface area contributed by atoms with Gasteiger partial charge >= 0.3 is 0 Å². The van der Waals surface area contributed by atoms with E-state index in [4.69, 9.17) is 16.0 Å². The fourth-order valence-corrected chi connectivity index (χ4v) is 3.56. The van der Waals surface area contributed by atoms with Crippen molar-refractivity contribution in [2.24, 2.45) is 0 Å². The normalized spacial score (nSPS) is 10.9. The lowest BCUT2D eigenvalue weighted by atomic mass is 10.2. The smallest absolute Gasteiger partial charge is 0.247 e. The quantitative estimate of drug-likeness (QED) is 0.465. The van der Waals surface area contributed by atoms with E-state index < -0.39 is 0 Å². The maximum Gasteiger partial charge on any atom is 0.247 e. The number of aromatic nitrogens is 3. The molecule has 136 valence electrons. The molecular weight excluding hydrogens is 380 g/mol. The van der Waals surface area contributed by atoms with Gasteiger partial charge in [0.1, 0.15) is 5.01 Å². The molecule has 0 radical (unpaired) electrons. The lowest BCUT2D eigenvalue weighted by molar-refractivity contribution is 0.516. The van der Waals surface area contributed by atoms with Gasteiger partial charge in [-0.3, -0.25) is 0 Å². The van der Waals surface area contributed by atoms with E-state index in [0.29, 0.717) is 23.2 Å².